The third kappa shape index (κ3) is 1.80. The van der Waals surface area contributed by atoms with Gasteiger partial charge in [0.05, 0.1) is 0 Å². The molecule has 0 saturated carbocycles. The van der Waals surface area contributed by atoms with Crippen LogP contribution in [0.5, 0.6) is 0 Å². The predicted molar refractivity (Wildman–Crippen MR) is 70.7 cm³/mol. The Morgan fingerprint density at radius 3 is 2.24 bits per heavy atom. The van der Waals surface area contributed by atoms with Crippen molar-refractivity contribution in [3.05, 3.63) is 66.4 Å². The van der Waals surface area contributed by atoms with Crippen molar-refractivity contribution in [2.75, 3.05) is 0 Å². The average Bonchev–Trinajstić information content (AvgIpc) is 2.39. The lowest BCUT2D eigenvalue weighted by Crippen LogP contribution is -2.05. The van der Waals surface area contributed by atoms with E-state index < -0.39 is 0 Å². The minimum Gasteiger partial charge on any atom is -0.211 e. The highest BCUT2D eigenvalue weighted by Gasteiger charge is 2.08. The van der Waals surface area contributed by atoms with E-state index in [0.717, 1.165) is 5.69 Å². The molecule has 0 aliphatic carbocycles. The third-order valence-corrected chi connectivity index (χ3v) is 3.09. The molecule has 0 unspecified atom stereocenters. The Hall–Kier alpha value is -2.15. The Labute approximate surface area is 101 Å². The van der Waals surface area contributed by atoms with Gasteiger partial charge in [-0.2, -0.15) is 0 Å². The maximum Gasteiger partial charge on any atom is 0.211 e. The third-order valence-electron chi connectivity index (χ3n) is 3.09. The smallest absolute Gasteiger partial charge is 0.211 e. The zero-order valence-electron chi connectivity index (χ0n) is 9.77. The lowest BCUT2D eigenvalue weighted by Gasteiger charge is -2.04. The van der Waals surface area contributed by atoms with Gasteiger partial charge in [0.1, 0.15) is 0 Å². The van der Waals surface area contributed by atoms with Crippen molar-refractivity contribution in [3.8, 4) is 11.3 Å². The van der Waals surface area contributed by atoms with E-state index in [1.165, 1.54) is 21.9 Å². The van der Waals surface area contributed by atoms with Gasteiger partial charge < -0.3 is 0 Å². The number of H-pyrrole nitrogens is 1. The number of fused-ring (bicyclic) bond motifs is 1. The monoisotopic (exact) mass is 220 g/mol. The molecule has 0 bridgehead atoms. The first-order chi connectivity index (χ1) is 8.34. The van der Waals surface area contributed by atoms with Crippen molar-refractivity contribution >= 4 is 10.8 Å². The van der Waals surface area contributed by atoms with E-state index in [1.807, 2.05) is 12.3 Å². The molecule has 1 heterocycles. The van der Waals surface area contributed by atoms with Gasteiger partial charge in [-0.25, -0.2) is 4.98 Å². The highest BCUT2D eigenvalue weighted by molar-refractivity contribution is 5.88. The number of nitrogens with one attached hydrogen (secondary N) is 1. The summed E-state index contributed by atoms with van der Waals surface area (Å²) in [6.07, 6.45) is 1.96. The molecule has 0 aliphatic rings. The lowest BCUT2D eigenvalue weighted by molar-refractivity contribution is -0.364. The van der Waals surface area contributed by atoms with Crippen LogP contribution in [0.4, 0.5) is 0 Å². The van der Waals surface area contributed by atoms with Gasteiger partial charge in [-0.1, -0.05) is 30.3 Å². The summed E-state index contributed by atoms with van der Waals surface area (Å²) in [6.45, 7) is 2.16. The van der Waals surface area contributed by atoms with E-state index in [-0.39, 0.29) is 0 Å². The van der Waals surface area contributed by atoms with E-state index in [0.29, 0.717) is 0 Å². The molecule has 3 aromatic rings. The molecule has 0 fully saturated rings. The van der Waals surface area contributed by atoms with E-state index in [4.69, 9.17) is 0 Å². The topological polar surface area (TPSA) is 14.1 Å². The Balaban J connectivity index is 2.27. The number of rotatable bonds is 1. The first-order valence-corrected chi connectivity index (χ1v) is 5.81. The molecule has 0 amide bonds. The van der Waals surface area contributed by atoms with Crippen molar-refractivity contribution in [1.29, 1.82) is 0 Å². The maximum atomic E-state index is 3.29. The number of hydrogen-bond acceptors (Lipinski definition) is 0. The summed E-state index contributed by atoms with van der Waals surface area (Å²) in [5, 5.41) is 2.58. The highest BCUT2D eigenvalue weighted by atomic mass is 14.7. The van der Waals surface area contributed by atoms with Crippen LogP contribution in [0.3, 0.4) is 0 Å². The number of benzene rings is 2. The second-order valence-electron chi connectivity index (χ2n) is 4.29. The first kappa shape index (κ1) is 10.0. The lowest BCUT2D eigenvalue weighted by atomic mass is 9.99. The quantitative estimate of drug-likeness (QED) is 0.594. The van der Waals surface area contributed by atoms with Crippen LogP contribution in [0.25, 0.3) is 22.0 Å². The van der Waals surface area contributed by atoms with Crippen LogP contribution >= 0.6 is 0 Å². The van der Waals surface area contributed by atoms with Crippen LogP contribution < -0.4 is 4.98 Å². The van der Waals surface area contributed by atoms with Gasteiger partial charge in [-0.05, 0) is 35.4 Å². The van der Waals surface area contributed by atoms with Gasteiger partial charge in [0, 0.05) is 17.7 Å². The molecular weight excluding hydrogens is 206 g/mol. The normalized spacial score (nSPS) is 10.6. The molecule has 17 heavy (non-hydrogen) atoms. The van der Waals surface area contributed by atoms with Crippen molar-refractivity contribution < 1.29 is 4.98 Å². The molecule has 82 valence electrons. The number of aromatic nitrogens is 1. The summed E-state index contributed by atoms with van der Waals surface area (Å²) in [5.74, 6) is 0. The van der Waals surface area contributed by atoms with Crippen molar-refractivity contribution in [2.45, 2.75) is 6.92 Å². The Morgan fingerprint density at radius 2 is 1.53 bits per heavy atom. The van der Waals surface area contributed by atoms with E-state index >= 15 is 0 Å². The SMILES string of the molecule is Cc1cc2ccccc2cc1-c1cccc[nH+]1. The van der Waals surface area contributed by atoms with Crippen LogP contribution in [0, 0.1) is 6.92 Å². The molecule has 3 rings (SSSR count). The summed E-state index contributed by atoms with van der Waals surface area (Å²) in [7, 11) is 0. The fourth-order valence-electron chi connectivity index (χ4n) is 2.21. The maximum absolute atomic E-state index is 3.29. The van der Waals surface area contributed by atoms with Gasteiger partial charge in [-0.15, -0.1) is 0 Å². The standard InChI is InChI=1S/C16H13N/c1-12-10-13-6-2-3-7-14(13)11-15(12)16-8-4-5-9-17-16/h2-11H,1H3/p+1. The fraction of sp³-hybridized carbons (Fsp3) is 0.0625. The van der Waals surface area contributed by atoms with Crippen molar-refractivity contribution in [1.82, 2.24) is 0 Å². The van der Waals surface area contributed by atoms with Crippen LogP contribution in [-0.4, -0.2) is 0 Å². The minimum atomic E-state index is 1.16. The molecule has 0 saturated heterocycles. The molecule has 1 nitrogen and oxygen atoms in total. The van der Waals surface area contributed by atoms with Gasteiger partial charge in [0.15, 0.2) is 6.20 Å². The summed E-state index contributed by atoms with van der Waals surface area (Å²) in [4.78, 5) is 3.29. The highest BCUT2D eigenvalue weighted by Crippen LogP contribution is 2.25. The molecule has 0 atom stereocenters. The van der Waals surface area contributed by atoms with Crippen molar-refractivity contribution in [3.63, 3.8) is 0 Å². The van der Waals surface area contributed by atoms with E-state index in [1.54, 1.807) is 0 Å². The molecule has 2 aromatic carbocycles. The Bertz CT molecular complexity index is 657. The van der Waals surface area contributed by atoms with Crippen molar-refractivity contribution in [2.24, 2.45) is 0 Å². The van der Waals surface area contributed by atoms with E-state index in [9.17, 15) is 0 Å². The predicted octanol–water partition coefficient (Wildman–Crippen LogP) is 3.63. The Morgan fingerprint density at radius 1 is 0.824 bits per heavy atom. The van der Waals surface area contributed by atoms with Gasteiger partial charge in [0.25, 0.3) is 0 Å². The molecule has 0 aliphatic heterocycles. The fourth-order valence-corrected chi connectivity index (χ4v) is 2.21. The van der Waals surface area contributed by atoms with Crippen LogP contribution in [0.15, 0.2) is 60.8 Å². The molecule has 0 radical (unpaired) electrons. The molecular formula is C16H14N+. The van der Waals surface area contributed by atoms with Crippen LogP contribution in [-0.2, 0) is 0 Å². The molecule has 1 aromatic heterocycles. The molecule has 0 spiro atoms. The summed E-state index contributed by atoms with van der Waals surface area (Å²) in [6, 6.07) is 19.1. The first-order valence-electron chi connectivity index (χ1n) is 5.81. The van der Waals surface area contributed by atoms with E-state index in [2.05, 4.69) is 60.4 Å². The van der Waals surface area contributed by atoms with Gasteiger partial charge in [0.2, 0.25) is 5.69 Å². The minimum absolute atomic E-state index is 1.16. The number of hydrogen-bond donors (Lipinski definition) is 0. The number of aromatic amines is 1. The van der Waals surface area contributed by atoms with Crippen LogP contribution in [0.2, 0.25) is 0 Å². The van der Waals surface area contributed by atoms with Gasteiger partial charge >= 0.3 is 0 Å². The second-order valence-corrected chi connectivity index (χ2v) is 4.29. The zero-order chi connectivity index (χ0) is 11.7. The Kier molecular flexibility index (Phi) is 2.37. The molecule has 1 heteroatoms. The largest absolute Gasteiger partial charge is 0.211 e. The summed E-state index contributed by atoms with van der Waals surface area (Å²) in [5.41, 5.74) is 3.73. The number of pyridine rings is 1. The summed E-state index contributed by atoms with van der Waals surface area (Å²) < 4.78 is 0. The van der Waals surface area contributed by atoms with Gasteiger partial charge in [-0.3, -0.25) is 0 Å². The average molecular weight is 220 g/mol. The number of aryl methyl sites for hydroxylation is 1. The second kappa shape index (κ2) is 4.02. The van der Waals surface area contributed by atoms with Crippen LogP contribution in [0.1, 0.15) is 5.56 Å². The molecule has 1 N–H and O–H groups in total. The zero-order valence-corrected chi connectivity index (χ0v) is 9.77. The summed E-state index contributed by atoms with van der Waals surface area (Å²) >= 11 is 0.